The van der Waals surface area contributed by atoms with Crippen LogP contribution in [0, 0.1) is 0 Å². The number of hydrogen-bond acceptors (Lipinski definition) is 5. The van der Waals surface area contributed by atoms with Crippen LogP contribution in [-0.4, -0.2) is 34.5 Å². The predicted octanol–water partition coefficient (Wildman–Crippen LogP) is -3.75. The van der Waals surface area contributed by atoms with Crippen molar-refractivity contribution in [3.63, 3.8) is 0 Å². The Labute approximate surface area is 162 Å². The zero-order chi connectivity index (χ0) is 17.6. The average Bonchev–Trinajstić information content (AvgIpc) is 2.47. The molecule has 7 nitrogen and oxygen atoms in total. The van der Waals surface area contributed by atoms with Gasteiger partial charge in [0, 0.05) is 0 Å². The standard InChI is InChI=1S/C16H20N2O5.Na/c1-4-13(20)18-16(2,3)15(23)17-12(14(21)22)9-10-5-7-11(19)8-6-10;/h4-8,12,19H,1,9H2,2-3H3,(H,17,23)(H,18,20)(H,21,22);/q;+1/p-1. The number of carboxylic acid groups (broad SMARTS) is 1. The summed E-state index contributed by atoms with van der Waals surface area (Å²) < 4.78 is 0. The number of phenolic OH excluding ortho intramolecular Hbond substituents is 1. The SMILES string of the molecule is C=CC(=O)NC(C)(C)C(=O)NC(Cc1ccc(O)cc1)C(=O)[O-].[Na+]. The van der Waals surface area contributed by atoms with E-state index in [1.165, 1.54) is 26.0 Å². The molecular formula is C16H19N2NaO5. The van der Waals surface area contributed by atoms with E-state index >= 15 is 0 Å². The minimum Gasteiger partial charge on any atom is -0.548 e. The minimum atomic E-state index is -1.45. The zero-order valence-electron chi connectivity index (χ0n) is 14.0. The van der Waals surface area contributed by atoms with E-state index in [1.807, 2.05) is 0 Å². The molecule has 1 unspecified atom stereocenters. The molecule has 1 atom stereocenters. The van der Waals surface area contributed by atoms with Gasteiger partial charge in [-0.15, -0.1) is 0 Å². The Hall–Kier alpha value is -1.83. The summed E-state index contributed by atoms with van der Waals surface area (Å²) in [6.45, 7) is 6.17. The number of carbonyl (C=O) groups excluding carboxylic acids is 3. The van der Waals surface area contributed by atoms with Crippen LogP contribution in [0.1, 0.15) is 19.4 Å². The van der Waals surface area contributed by atoms with Crippen LogP contribution in [0.5, 0.6) is 5.75 Å². The van der Waals surface area contributed by atoms with Crippen molar-refractivity contribution < 1.29 is 54.2 Å². The molecular weight excluding hydrogens is 323 g/mol. The maximum Gasteiger partial charge on any atom is 1.00 e. The first-order valence-corrected chi connectivity index (χ1v) is 6.90. The molecule has 0 saturated heterocycles. The van der Waals surface area contributed by atoms with Crippen LogP contribution in [0.2, 0.25) is 0 Å². The molecule has 0 aliphatic heterocycles. The Kier molecular flexibility index (Phi) is 8.74. The largest absolute Gasteiger partial charge is 1.00 e. The van der Waals surface area contributed by atoms with Gasteiger partial charge in [0.2, 0.25) is 11.8 Å². The molecule has 0 aliphatic rings. The molecule has 8 heteroatoms. The second-order valence-corrected chi connectivity index (χ2v) is 5.53. The van der Waals surface area contributed by atoms with Crippen molar-refractivity contribution in [1.29, 1.82) is 0 Å². The van der Waals surface area contributed by atoms with Crippen LogP contribution < -0.4 is 45.3 Å². The molecule has 3 N–H and O–H groups in total. The number of carboxylic acids is 1. The number of rotatable bonds is 7. The molecule has 2 amide bonds. The van der Waals surface area contributed by atoms with E-state index in [9.17, 15) is 24.6 Å². The number of benzene rings is 1. The number of aromatic hydroxyl groups is 1. The summed E-state index contributed by atoms with van der Waals surface area (Å²) in [4.78, 5) is 34.7. The summed E-state index contributed by atoms with van der Waals surface area (Å²) in [7, 11) is 0. The minimum absolute atomic E-state index is 0. The second-order valence-electron chi connectivity index (χ2n) is 5.53. The predicted molar refractivity (Wildman–Crippen MR) is 81.2 cm³/mol. The summed E-state index contributed by atoms with van der Waals surface area (Å²) in [6, 6.07) is 4.64. The number of hydrogen-bond donors (Lipinski definition) is 3. The van der Waals surface area contributed by atoms with Crippen LogP contribution in [0.15, 0.2) is 36.9 Å². The Balaban J connectivity index is 0.00000529. The van der Waals surface area contributed by atoms with Crippen molar-refractivity contribution in [2.24, 2.45) is 0 Å². The summed E-state index contributed by atoms with van der Waals surface area (Å²) in [5.74, 6) is -2.61. The molecule has 0 radical (unpaired) electrons. The smallest absolute Gasteiger partial charge is 0.548 e. The Morgan fingerprint density at radius 2 is 1.83 bits per heavy atom. The third-order valence-corrected chi connectivity index (χ3v) is 3.15. The van der Waals surface area contributed by atoms with E-state index < -0.39 is 29.4 Å². The normalized spacial score (nSPS) is 11.6. The summed E-state index contributed by atoms with van der Waals surface area (Å²) in [5, 5.41) is 25.2. The maximum atomic E-state index is 12.2. The van der Waals surface area contributed by atoms with Crippen molar-refractivity contribution in [2.75, 3.05) is 0 Å². The zero-order valence-corrected chi connectivity index (χ0v) is 16.0. The summed E-state index contributed by atoms with van der Waals surface area (Å²) in [5.41, 5.74) is -0.710. The number of nitrogens with one attached hydrogen (secondary N) is 2. The van der Waals surface area contributed by atoms with Gasteiger partial charge in [-0.3, -0.25) is 9.59 Å². The van der Waals surface area contributed by atoms with E-state index in [2.05, 4.69) is 17.2 Å². The van der Waals surface area contributed by atoms with E-state index in [1.54, 1.807) is 12.1 Å². The van der Waals surface area contributed by atoms with Gasteiger partial charge in [-0.25, -0.2) is 0 Å². The first-order chi connectivity index (χ1) is 10.7. The molecule has 0 bridgehead atoms. The Bertz CT molecular complexity index is 613. The number of amides is 2. The van der Waals surface area contributed by atoms with Gasteiger partial charge in [-0.05, 0) is 44.0 Å². The third-order valence-electron chi connectivity index (χ3n) is 3.15. The van der Waals surface area contributed by atoms with E-state index in [4.69, 9.17) is 0 Å². The van der Waals surface area contributed by atoms with E-state index in [-0.39, 0.29) is 41.7 Å². The van der Waals surface area contributed by atoms with Gasteiger partial charge >= 0.3 is 29.6 Å². The fraction of sp³-hybridized carbons (Fsp3) is 0.312. The molecule has 1 aromatic carbocycles. The van der Waals surface area contributed by atoms with Crippen LogP contribution in [0.25, 0.3) is 0 Å². The van der Waals surface area contributed by atoms with Gasteiger partial charge in [0.25, 0.3) is 0 Å². The van der Waals surface area contributed by atoms with Gasteiger partial charge in [-0.2, -0.15) is 0 Å². The van der Waals surface area contributed by atoms with Gasteiger partial charge in [-0.1, -0.05) is 18.7 Å². The number of aliphatic carboxylic acids is 1. The fourth-order valence-corrected chi connectivity index (χ4v) is 1.82. The first-order valence-electron chi connectivity index (χ1n) is 6.90. The molecule has 0 heterocycles. The molecule has 0 aliphatic carbocycles. The summed E-state index contributed by atoms with van der Waals surface area (Å²) in [6.07, 6.45) is 1.00. The van der Waals surface area contributed by atoms with Crippen molar-refractivity contribution in [2.45, 2.75) is 31.8 Å². The maximum absolute atomic E-state index is 12.2. The van der Waals surface area contributed by atoms with Gasteiger partial charge in [0.05, 0.1) is 12.0 Å². The Morgan fingerprint density at radius 3 is 2.29 bits per heavy atom. The fourth-order valence-electron chi connectivity index (χ4n) is 1.82. The molecule has 0 saturated carbocycles. The van der Waals surface area contributed by atoms with E-state index in [0.717, 1.165) is 6.08 Å². The van der Waals surface area contributed by atoms with Gasteiger partial charge in [0.15, 0.2) is 0 Å². The molecule has 24 heavy (non-hydrogen) atoms. The topological polar surface area (TPSA) is 119 Å². The molecule has 124 valence electrons. The quantitative estimate of drug-likeness (QED) is 0.348. The van der Waals surface area contributed by atoms with Gasteiger partial charge < -0.3 is 25.6 Å². The second kappa shape index (κ2) is 9.46. The third kappa shape index (κ3) is 6.74. The molecule has 0 spiro atoms. The Morgan fingerprint density at radius 1 is 1.29 bits per heavy atom. The van der Waals surface area contributed by atoms with E-state index in [0.29, 0.717) is 5.56 Å². The number of carbonyl (C=O) groups is 3. The first kappa shape index (κ1) is 22.2. The van der Waals surface area contributed by atoms with Crippen molar-refractivity contribution in [1.82, 2.24) is 10.6 Å². The van der Waals surface area contributed by atoms with Crippen molar-refractivity contribution in [3.8, 4) is 5.75 Å². The average molecular weight is 342 g/mol. The van der Waals surface area contributed by atoms with Crippen molar-refractivity contribution in [3.05, 3.63) is 42.5 Å². The van der Waals surface area contributed by atoms with Crippen LogP contribution in [0.4, 0.5) is 0 Å². The van der Waals surface area contributed by atoms with Crippen LogP contribution >= 0.6 is 0 Å². The molecule has 0 aromatic heterocycles. The molecule has 1 rings (SSSR count). The van der Waals surface area contributed by atoms with Crippen LogP contribution in [0.3, 0.4) is 0 Å². The monoisotopic (exact) mass is 342 g/mol. The van der Waals surface area contributed by atoms with Crippen LogP contribution in [-0.2, 0) is 20.8 Å². The summed E-state index contributed by atoms with van der Waals surface area (Å²) >= 11 is 0. The molecule has 0 fully saturated rings. The van der Waals surface area contributed by atoms with Crippen molar-refractivity contribution >= 4 is 17.8 Å². The number of phenols is 1. The van der Waals surface area contributed by atoms with Gasteiger partial charge in [0.1, 0.15) is 11.3 Å². The molecule has 1 aromatic rings.